The van der Waals surface area contributed by atoms with Crippen LogP contribution >= 0.6 is 0 Å². The van der Waals surface area contributed by atoms with Crippen molar-refractivity contribution in [3.05, 3.63) is 35.6 Å². The van der Waals surface area contributed by atoms with E-state index in [1.165, 1.54) is 24.3 Å². The molecule has 1 amide bonds. The molecule has 0 radical (unpaired) electrons. The van der Waals surface area contributed by atoms with Crippen LogP contribution in [0, 0.1) is 11.2 Å². The van der Waals surface area contributed by atoms with Crippen LogP contribution in [-0.2, 0) is 4.74 Å². The average molecular weight is 309 g/mol. The Labute approximate surface area is 133 Å². The fraction of sp³-hybridized carbons (Fsp3) is 0.611. The molecule has 0 aromatic heterocycles. The van der Waals surface area contributed by atoms with Crippen LogP contribution in [0.15, 0.2) is 24.3 Å². The Morgan fingerprint density at radius 2 is 1.68 bits per heavy atom. The minimum Gasteiger partial charge on any atom is -0.375 e. The normalized spacial score (nSPS) is 12.3. The van der Waals surface area contributed by atoms with Crippen molar-refractivity contribution in [1.82, 2.24) is 5.32 Å². The number of benzene rings is 1. The summed E-state index contributed by atoms with van der Waals surface area (Å²) in [5.74, 6) is -0.532. The first-order valence-electron chi connectivity index (χ1n) is 7.77. The van der Waals surface area contributed by atoms with Crippen LogP contribution in [-0.4, -0.2) is 24.7 Å². The Kier molecular flexibility index (Phi) is 6.54. The van der Waals surface area contributed by atoms with Gasteiger partial charge in [0, 0.05) is 18.7 Å². The van der Waals surface area contributed by atoms with Crippen LogP contribution in [0.25, 0.3) is 0 Å². The van der Waals surface area contributed by atoms with Crippen molar-refractivity contribution in [2.75, 3.05) is 13.2 Å². The molecule has 0 saturated heterocycles. The lowest BCUT2D eigenvalue weighted by molar-refractivity contribution is -0.0322. The standard InChI is InChI=1S/C18H28FNO2/c1-17(2,3)11-13-22-18(4,5)10-12-20-16(21)14-6-8-15(19)9-7-14/h6-9H,10-13H2,1-5H3,(H,20,21). The zero-order valence-corrected chi connectivity index (χ0v) is 14.3. The van der Waals surface area contributed by atoms with E-state index in [0.717, 1.165) is 12.8 Å². The van der Waals surface area contributed by atoms with Gasteiger partial charge < -0.3 is 10.1 Å². The number of carbonyl (C=O) groups excluding carboxylic acids is 1. The highest BCUT2D eigenvalue weighted by Gasteiger charge is 2.20. The van der Waals surface area contributed by atoms with E-state index in [1.807, 2.05) is 13.8 Å². The summed E-state index contributed by atoms with van der Waals surface area (Å²) < 4.78 is 18.7. The van der Waals surface area contributed by atoms with Gasteiger partial charge in [0.15, 0.2) is 0 Å². The number of nitrogens with one attached hydrogen (secondary N) is 1. The molecule has 0 aliphatic heterocycles. The second-order valence-electron chi connectivity index (χ2n) is 7.43. The summed E-state index contributed by atoms with van der Waals surface area (Å²) in [6.07, 6.45) is 1.72. The number of rotatable bonds is 7. The van der Waals surface area contributed by atoms with E-state index in [2.05, 4.69) is 26.1 Å². The Bertz CT molecular complexity index is 475. The van der Waals surface area contributed by atoms with Crippen molar-refractivity contribution in [1.29, 1.82) is 0 Å². The van der Waals surface area contributed by atoms with Gasteiger partial charge >= 0.3 is 0 Å². The highest BCUT2D eigenvalue weighted by molar-refractivity contribution is 5.94. The van der Waals surface area contributed by atoms with Crippen LogP contribution in [0.4, 0.5) is 4.39 Å². The monoisotopic (exact) mass is 309 g/mol. The summed E-state index contributed by atoms with van der Waals surface area (Å²) in [5, 5.41) is 2.84. The van der Waals surface area contributed by atoms with Gasteiger partial charge in [0.1, 0.15) is 5.82 Å². The number of halogens is 1. The SMILES string of the molecule is CC(C)(C)CCOC(C)(C)CCNC(=O)c1ccc(F)cc1. The summed E-state index contributed by atoms with van der Waals surface area (Å²) in [4.78, 5) is 11.9. The summed E-state index contributed by atoms with van der Waals surface area (Å²) >= 11 is 0. The number of carbonyl (C=O) groups is 1. The smallest absolute Gasteiger partial charge is 0.251 e. The number of hydrogen-bond donors (Lipinski definition) is 1. The van der Waals surface area contributed by atoms with Gasteiger partial charge in [-0.2, -0.15) is 0 Å². The second kappa shape index (κ2) is 7.73. The predicted octanol–water partition coefficient (Wildman–Crippen LogP) is 4.18. The molecule has 0 aliphatic rings. The van der Waals surface area contributed by atoms with Gasteiger partial charge in [-0.05, 0) is 56.4 Å². The lowest BCUT2D eigenvalue weighted by Gasteiger charge is -2.27. The lowest BCUT2D eigenvalue weighted by atomic mass is 9.93. The molecule has 0 spiro atoms. The van der Waals surface area contributed by atoms with Gasteiger partial charge in [0.25, 0.3) is 5.91 Å². The fourth-order valence-electron chi connectivity index (χ4n) is 1.89. The molecule has 3 nitrogen and oxygen atoms in total. The third-order valence-corrected chi connectivity index (χ3v) is 3.46. The molecule has 0 aliphatic carbocycles. The highest BCUT2D eigenvalue weighted by atomic mass is 19.1. The minimum absolute atomic E-state index is 0.189. The zero-order valence-electron chi connectivity index (χ0n) is 14.3. The summed E-state index contributed by atoms with van der Waals surface area (Å²) in [6, 6.07) is 5.54. The average Bonchev–Trinajstić information content (AvgIpc) is 2.37. The molecular weight excluding hydrogens is 281 g/mol. The van der Waals surface area contributed by atoms with E-state index < -0.39 is 0 Å². The molecule has 0 bridgehead atoms. The first-order valence-corrected chi connectivity index (χ1v) is 7.77. The van der Waals surface area contributed by atoms with Gasteiger partial charge in [-0.25, -0.2) is 4.39 Å². The molecule has 1 aromatic rings. The molecule has 0 unspecified atom stereocenters. The van der Waals surface area contributed by atoms with Crippen molar-refractivity contribution in [3.63, 3.8) is 0 Å². The Morgan fingerprint density at radius 1 is 1.09 bits per heavy atom. The largest absolute Gasteiger partial charge is 0.375 e. The first-order chi connectivity index (χ1) is 10.1. The van der Waals surface area contributed by atoms with Gasteiger partial charge in [0.2, 0.25) is 0 Å². The Balaban J connectivity index is 2.32. The molecule has 124 valence electrons. The van der Waals surface area contributed by atoms with Gasteiger partial charge in [-0.1, -0.05) is 20.8 Å². The van der Waals surface area contributed by atoms with E-state index in [1.54, 1.807) is 0 Å². The molecule has 0 fully saturated rings. The first kappa shape index (κ1) is 18.6. The van der Waals surface area contributed by atoms with Crippen molar-refractivity contribution in [2.24, 2.45) is 5.41 Å². The second-order valence-corrected chi connectivity index (χ2v) is 7.43. The Morgan fingerprint density at radius 3 is 2.23 bits per heavy atom. The van der Waals surface area contributed by atoms with Crippen LogP contribution in [0.1, 0.15) is 57.8 Å². The molecule has 0 heterocycles. The van der Waals surface area contributed by atoms with Crippen molar-refractivity contribution < 1.29 is 13.9 Å². The number of hydrogen-bond acceptors (Lipinski definition) is 2. The molecule has 0 atom stereocenters. The van der Waals surface area contributed by atoms with E-state index in [-0.39, 0.29) is 22.7 Å². The third-order valence-electron chi connectivity index (χ3n) is 3.46. The summed E-state index contributed by atoms with van der Waals surface area (Å²) in [5.41, 5.74) is 0.446. The minimum atomic E-state index is -0.343. The van der Waals surface area contributed by atoms with Crippen molar-refractivity contribution in [2.45, 2.75) is 53.1 Å². The Hall–Kier alpha value is -1.42. The lowest BCUT2D eigenvalue weighted by Crippen LogP contribution is -2.33. The van der Waals surface area contributed by atoms with E-state index in [0.29, 0.717) is 18.7 Å². The molecule has 1 aromatic carbocycles. The van der Waals surface area contributed by atoms with Crippen LogP contribution < -0.4 is 5.32 Å². The van der Waals surface area contributed by atoms with E-state index in [9.17, 15) is 9.18 Å². The molecular formula is C18H28FNO2. The van der Waals surface area contributed by atoms with E-state index >= 15 is 0 Å². The maximum atomic E-state index is 12.8. The summed E-state index contributed by atoms with van der Waals surface area (Å²) in [6.45, 7) is 11.9. The van der Waals surface area contributed by atoms with Crippen LogP contribution in [0.2, 0.25) is 0 Å². The molecule has 0 saturated carbocycles. The number of amides is 1. The topological polar surface area (TPSA) is 38.3 Å². The van der Waals surface area contributed by atoms with Gasteiger partial charge in [-0.15, -0.1) is 0 Å². The third kappa shape index (κ3) is 7.55. The van der Waals surface area contributed by atoms with Crippen LogP contribution in [0.3, 0.4) is 0 Å². The fourth-order valence-corrected chi connectivity index (χ4v) is 1.89. The van der Waals surface area contributed by atoms with E-state index in [4.69, 9.17) is 4.74 Å². The molecule has 1 rings (SSSR count). The maximum Gasteiger partial charge on any atom is 0.251 e. The zero-order chi connectivity index (χ0) is 16.8. The van der Waals surface area contributed by atoms with Crippen LogP contribution in [0.5, 0.6) is 0 Å². The highest BCUT2D eigenvalue weighted by Crippen LogP contribution is 2.21. The van der Waals surface area contributed by atoms with Gasteiger partial charge in [0.05, 0.1) is 5.60 Å². The maximum absolute atomic E-state index is 12.8. The predicted molar refractivity (Wildman–Crippen MR) is 87.5 cm³/mol. The quantitative estimate of drug-likeness (QED) is 0.820. The molecule has 4 heteroatoms. The van der Waals surface area contributed by atoms with Crippen molar-refractivity contribution in [3.8, 4) is 0 Å². The van der Waals surface area contributed by atoms with Gasteiger partial charge in [-0.3, -0.25) is 4.79 Å². The number of ether oxygens (including phenoxy) is 1. The van der Waals surface area contributed by atoms with Crippen molar-refractivity contribution >= 4 is 5.91 Å². The molecule has 22 heavy (non-hydrogen) atoms. The molecule has 1 N–H and O–H groups in total. The summed E-state index contributed by atoms with van der Waals surface area (Å²) in [7, 11) is 0.